The number of nitrogens with zero attached hydrogens (tertiary/aromatic N) is 1. The highest BCUT2D eigenvalue weighted by Gasteiger charge is 2.35. The van der Waals surface area contributed by atoms with Crippen molar-refractivity contribution in [3.63, 3.8) is 0 Å². The topological polar surface area (TPSA) is 29.3 Å². The molecule has 2 fully saturated rings. The molecule has 1 aliphatic carbocycles. The minimum atomic E-state index is 0.650. The van der Waals surface area contributed by atoms with E-state index in [1.54, 1.807) is 0 Å². The van der Waals surface area contributed by atoms with Crippen LogP contribution in [0.5, 0.6) is 0 Å². The van der Waals surface area contributed by atoms with Gasteiger partial charge in [0.1, 0.15) is 0 Å². The summed E-state index contributed by atoms with van der Waals surface area (Å²) < 4.78 is 0. The van der Waals surface area contributed by atoms with Crippen LogP contribution in [-0.4, -0.2) is 13.1 Å². The summed E-state index contributed by atoms with van der Waals surface area (Å²) in [5.41, 5.74) is 10.6. The molecular formula is C18H28N2. The third kappa shape index (κ3) is 2.71. The monoisotopic (exact) mass is 272 g/mol. The fourth-order valence-corrected chi connectivity index (χ4v) is 4.16. The van der Waals surface area contributed by atoms with E-state index < -0.39 is 0 Å². The number of rotatable bonds is 2. The summed E-state index contributed by atoms with van der Waals surface area (Å²) in [6, 6.07) is 6.70. The molecule has 1 saturated carbocycles. The van der Waals surface area contributed by atoms with Crippen LogP contribution in [-0.2, 0) is 6.54 Å². The lowest BCUT2D eigenvalue weighted by Crippen LogP contribution is -2.41. The minimum absolute atomic E-state index is 0.650. The van der Waals surface area contributed by atoms with Gasteiger partial charge in [0.25, 0.3) is 0 Å². The van der Waals surface area contributed by atoms with Crippen LogP contribution in [0.1, 0.15) is 56.1 Å². The Morgan fingerprint density at radius 3 is 2.40 bits per heavy atom. The highest BCUT2D eigenvalue weighted by Crippen LogP contribution is 2.45. The highest BCUT2D eigenvalue weighted by molar-refractivity contribution is 5.55. The van der Waals surface area contributed by atoms with Crippen LogP contribution in [0.2, 0.25) is 0 Å². The second-order valence-corrected chi connectivity index (χ2v) is 6.88. The molecular weight excluding hydrogens is 244 g/mol. The van der Waals surface area contributed by atoms with Crippen molar-refractivity contribution in [2.24, 2.45) is 11.1 Å². The number of nitrogens with two attached hydrogens (primary N) is 1. The second kappa shape index (κ2) is 5.77. The molecule has 1 saturated heterocycles. The normalized spacial score (nSPS) is 22.2. The fourth-order valence-electron chi connectivity index (χ4n) is 4.16. The Balaban J connectivity index is 1.73. The van der Waals surface area contributed by atoms with Gasteiger partial charge in [-0.2, -0.15) is 0 Å². The summed E-state index contributed by atoms with van der Waals surface area (Å²) in [6.45, 7) is 5.26. The number of hydrogen-bond donors (Lipinski definition) is 1. The van der Waals surface area contributed by atoms with Gasteiger partial charge in [0.2, 0.25) is 0 Å². The van der Waals surface area contributed by atoms with Gasteiger partial charge in [0.05, 0.1) is 0 Å². The lowest BCUT2D eigenvalue weighted by Gasteiger charge is -2.45. The number of benzene rings is 1. The third-order valence-corrected chi connectivity index (χ3v) is 5.54. The predicted octanol–water partition coefficient (Wildman–Crippen LogP) is 4.00. The first-order valence-corrected chi connectivity index (χ1v) is 8.27. The SMILES string of the molecule is Cc1ccc(CN)c(N2CCC3(CCCCC3)CC2)c1. The average Bonchev–Trinajstić information content (AvgIpc) is 2.49. The maximum absolute atomic E-state index is 5.92. The molecule has 0 atom stereocenters. The van der Waals surface area contributed by atoms with Crippen molar-refractivity contribution in [1.82, 2.24) is 0 Å². The fraction of sp³-hybridized carbons (Fsp3) is 0.667. The van der Waals surface area contributed by atoms with Crippen LogP contribution in [0, 0.1) is 12.3 Å². The van der Waals surface area contributed by atoms with Crippen LogP contribution in [0.15, 0.2) is 18.2 Å². The minimum Gasteiger partial charge on any atom is -0.371 e. The Kier molecular flexibility index (Phi) is 4.02. The smallest absolute Gasteiger partial charge is 0.0414 e. The molecule has 1 spiro atoms. The first-order chi connectivity index (χ1) is 9.72. The lowest BCUT2D eigenvalue weighted by molar-refractivity contribution is 0.144. The summed E-state index contributed by atoms with van der Waals surface area (Å²) in [5, 5.41) is 0. The van der Waals surface area contributed by atoms with Crippen LogP contribution >= 0.6 is 0 Å². The van der Waals surface area contributed by atoms with Gasteiger partial charge in [-0.1, -0.05) is 31.4 Å². The Morgan fingerprint density at radius 2 is 1.75 bits per heavy atom. The molecule has 1 aromatic rings. The van der Waals surface area contributed by atoms with Crippen molar-refractivity contribution in [1.29, 1.82) is 0 Å². The standard InChI is InChI=1S/C18H28N2/c1-15-5-6-16(14-19)17(13-15)20-11-9-18(10-12-20)7-3-2-4-8-18/h5-6,13H,2-4,7-12,14,19H2,1H3. The first-order valence-electron chi connectivity index (χ1n) is 8.27. The molecule has 0 aromatic heterocycles. The van der Waals surface area contributed by atoms with Crippen LogP contribution in [0.4, 0.5) is 5.69 Å². The number of aryl methyl sites for hydroxylation is 1. The van der Waals surface area contributed by atoms with Crippen molar-refractivity contribution >= 4 is 5.69 Å². The van der Waals surface area contributed by atoms with E-state index in [4.69, 9.17) is 5.73 Å². The van der Waals surface area contributed by atoms with Crippen molar-refractivity contribution in [2.45, 2.75) is 58.4 Å². The molecule has 20 heavy (non-hydrogen) atoms. The molecule has 0 radical (unpaired) electrons. The molecule has 3 rings (SSSR count). The lowest BCUT2D eigenvalue weighted by atomic mass is 9.68. The largest absolute Gasteiger partial charge is 0.371 e. The zero-order valence-corrected chi connectivity index (χ0v) is 12.8. The summed E-state index contributed by atoms with van der Waals surface area (Å²) in [4.78, 5) is 2.58. The van der Waals surface area contributed by atoms with Crippen molar-refractivity contribution in [2.75, 3.05) is 18.0 Å². The van der Waals surface area contributed by atoms with Gasteiger partial charge >= 0.3 is 0 Å². The Labute approximate surface area is 123 Å². The molecule has 0 amide bonds. The second-order valence-electron chi connectivity index (χ2n) is 6.88. The van der Waals surface area contributed by atoms with E-state index in [0.717, 1.165) is 0 Å². The maximum atomic E-state index is 5.92. The van der Waals surface area contributed by atoms with Crippen molar-refractivity contribution in [3.8, 4) is 0 Å². The van der Waals surface area contributed by atoms with E-state index in [1.807, 2.05) is 0 Å². The van der Waals surface area contributed by atoms with Gasteiger partial charge in [0.15, 0.2) is 0 Å². The molecule has 110 valence electrons. The summed E-state index contributed by atoms with van der Waals surface area (Å²) in [5.74, 6) is 0. The van der Waals surface area contributed by atoms with E-state index in [1.165, 1.54) is 74.8 Å². The maximum Gasteiger partial charge on any atom is 0.0414 e. The number of hydrogen-bond acceptors (Lipinski definition) is 2. The molecule has 2 nitrogen and oxygen atoms in total. The van der Waals surface area contributed by atoms with Crippen LogP contribution in [0.25, 0.3) is 0 Å². The molecule has 2 heteroatoms. The van der Waals surface area contributed by atoms with Gasteiger partial charge < -0.3 is 10.6 Å². The van der Waals surface area contributed by atoms with E-state index >= 15 is 0 Å². The van der Waals surface area contributed by atoms with Gasteiger partial charge in [-0.25, -0.2) is 0 Å². The van der Waals surface area contributed by atoms with Crippen LogP contribution < -0.4 is 10.6 Å². The van der Waals surface area contributed by atoms with Crippen LogP contribution in [0.3, 0.4) is 0 Å². The molecule has 1 heterocycles. The quantitative estimate of drug-likeness (QED) is 0.881. The van der Waals surface area contributed by atoms with E-state index in [9.17, 15) is 0 Å². The van der Waals surface area contributed by atoms with Gasteiger partial charge in [-0.05, 0) is 55.2 Å². The van der Waals surface area contributed by atoms with E-state index in [-0.39, 0.29) is 0 Å². The molecule has 1 aliphatic heterocycles. The van der Waals surface area contributed by atoms with Crippen molar-refractivity contribution in [3.05, 3.63) is 29.3 Å². The zero-order chi connectivity index (χ0) is 14.0. The molecule has 1 aromatic carbocycles. The molecule has 2 aliphatic rings. The highest BCUT2D eigenvalue weighted by atomic mass is 15.1. The Bertz CT molecular complexity index is 450. The summed E-state index contributed by atoms with van der Waals surface area (Å²) in [6.07, 6.45) is 10.1. The van der Waals surface area contributed by atoms with Gasteiger partial charge in [-0.3, -0.25) is 0 Å². The predicted molar refractivity (Wildman–Crippen MR) is 86.0 cm³/mol. The van der Waals surface area contributed by atoms with E-state index in [2.05, 4.69) is 30.0 Å². The third-order valence-electron chi connectivity index (χ3n) is 5.54. The first kappa shape index (κ1) is 13.9. The van der Waals surface area contributed by atoms with Crippen molar-refractivity contribution < 1.29 is 0 Å². The molecule has 2 N–H and O–H groups in total. The van der Waals surface area contributed by atoms with Gasteiger partial charge in [0, 0.05) is 25.3 Å². The summed E-state index contributed by atoms with van der Waals surface area (Å²) >= 11 is 0. The van der Waals surface area contributed by atoms with Gasteiger partial charge in [-0.15, -0.1) is 0 Å². The Hall–Kier alpha value is -1.02. The number of piperidine rings is 1. The summed E-state index contributed by atoms with van der Waals surface area (Å²) in [7, 11) is 0. The Morgan fingerprint density at radius 1 is 1.05 bits per heavy atom. The number of anilines is 1. The zero-order valence-electron chi connectivity index (χ0n) is 12.8. The molecule has 0 bridgehead atoms. The van der Waals surface area contributed by atoms with E-state index in [0.29, 0.717) is 12.0 Å². The molecule has 0 unspecified atom stereocenters. The average molecular weight is 272 g/mol.